The minimum Gasteiger partial charge on any atom is -0.350 e. The Balaban J connectivity index is 1.98. The molecule has 0 aliphatic heterocycles. The van der Waals surface area contributed by atoms with E-state index >= 15 is 0 Å². The summed E-state index contributed by atoms with van der Waals surface area (Å²) in [6.07, 6.45) is 0. The van der Waals surface area contributed by atoms with Gasteiger partial charge in [0, 0.05) is 25.6 Å². The zero-order chi connectivity index (χ0) is 15.9. The third-order valence-electron chi connectivity index (χ3n) is 3.18. The summed E-state index contributed by atoms with van der Waals surface area (Å²) < 4.78 is 0. The molecule has 0 spiro atoms. The SMILES string of the molecule is CC(=O)N(CCNC(=O)c1ccccc1)c1ccccc1Cl. The Hall–Kier alpha value is -2.33. The van der Waals surface area contributed by atoms with Crippen LogP contribution in [0.4, 0.5) is 5.69 Å². The van der Waals surface area contributed by atoms with Crippen LogP contribution in [-0.2, 0) is 4.79 Å². The zero-order valence-corrected chi connectivity index (χ0v) is 13.0. The Morgan fingerprint density at radius 3 is 2.32 bits per heavy atom. The molecule has 4 nitrogen and oxygen atoms in total. The number of benzene rings is 2. The molecule has 0 unspecified atom stereocenters. The lowest BCUT2D eigenvalue weighted by Crippen LogP contribution is -2.37. The third kappa shape index (κ3) is 4.09. The van der Waals surface area contributed by atoms with Gasteiger partial charge in [0.1, 0.15) is 0 Å². The van der Waals surface area contributed by atoms with Crippen molar-refractivity contribution in [2.75, 3.05) is 18.0 Å². The number of anilines is 1. The highest BCUT2D eigenvalue weighted by Crippen LogP contribution is 2.24. The maximum absolute atomic E-state index is 12.0. The number of rotatable bonds is 5. The first kappa shape index (κ1) is 16.0. The summed E-state index contributed by atoms with van der Waals surface area (Å²) in [5.41, 5.74) is 1.24. The maximum Gasteiger partial charge on any atom is 0.251 e. The molecule has 0 heterocycles. The van der Waals surface area contributed by atoms with Crippen molar-refractivity contribution in [3.05, 3.63) is 65.2 Å². The molecule has 22 heavy (non-hydrogen) atoms. The summed E-state index contributed by atoms with van der Waals surface area (Å²) in [4.78, 5) is 25.3. The minimum atomic E-state index is -0.164. The van der Waals surface area contributed by atoms with Crippen LogP contribution in [0.25, 0.3) is 0 Å². The summed E-state index contributed by atoms with van der Waals surface area (Å²) in [6, 6.07) is 16.1. The van der Waals surface area contributed by atoms with E-state index in [1.165, 1.54) is 6.92 Å². The molecule has 2 amide bonds. The second-order valence-corrected chi connectivity index (χ2v) is 5.15. The second kappa shape index (κ2) is 7.61. The van der Waals surface area contributed by atoms with E-state index in [9.17, 15) is 9.59 Å². The van der Waals surface area contributed by atoms with Crippen molar-refractivity contribution in [1.82, 2.24) is 5.32 Å². The van der Waals surface area contributed by atoms with E-state index in [1.54, 1.807) is 47.4 Å². The van der Waals surface area contributed by atoms with E-state index in [0.29, 0.717) is 29.4 Å². The van der Waals surface area contributed by atoms with Gasteiger partial charge in [-0.05, 0) is 24.3 Å². The van der Waals surface area contributed by atoms with Crippen LogP contribution < -0.4 is 10.2 Å². The van der Waals surface area contributed by atoms with E-state index in [1.807, 2.05) is 12.1 Å². The number of carbonyl (C=O) groups excluding carboxylic acids is 2. The predicted molar refractivity (Wildman–Crippen MR) is 88.3 cm³/mol. The summed E-state index contributed by atoms with van der Waals surface area (Å²) in [6.45, 7) is 2.18. The lowest BCUT2D eigenvalue weighted by molar-refractivity contribution is -0.116. The maximum atomic E-state index is 12.0. The van der Waals surface area contributed by atoms with Gasteiger partial charge >= 0.3 is 0 Å². The molecule has 0 bridgehead atoms. The number of nitrogens with zero attached hydrogens (tertiary/aromatic N) is 1. The molecule has 0 radical (unpaired) electrons. The molecule has 2 aromatic rings. The normalized spacial score (nSPS) is 10.1. The third-order valence-corrected chi connectivity index (χ3v) is 3.50. The van der Waals surface area contributed by atoms with Crippen LogP contribution in [-0.4, -0.2) is 24.9 Å². The molecule has 0 fully saturated rings. The lowest BCUT2D eigenvalue weighted by atomic mass is 10.2. The Kier molecular flexibility index (Phi) is 5.55. The van der Waals surface area contributed by atoms with Crippen LogP contribution >= 0.6 is 11.6 Å². The molecule has 0 aliphatic carbocycles. The average Bonchev–Trinajstić information content (AvgIpc) is 2.53. The molecule has 0 saturated heterocycles. The van der Waals surface area contributed by atoms with Crippen LogP contribution in [0.2, 0.25) is 5.02 Å². The predicted octanol–water partition coefficient (Wildman–Crippen LogP) is 3.12. The number of halogens is 1. The fraction of sp³-hybridized carbons (Fsp3) is 0.176. The van der Waals surface area contributed by atoms with Crippen molar-refractivity contribution >= 4 is 29.1 Å². The Bertz CT molecular complexity index is 659. The van der Waals surface area contributed by atoms with Gasteiger partial charge in [-0.15, -0.1) is 0 Å². The van der Waals surface area contributed by atoms with Gasteiger partial charge in [-0.3, -0.25) is 9.59 Å². The summed E-state index contributed by atoms with van der Waals surface area (Å²) in [5, 5.41) is 3.30. The smallest absolute Gasteiger partial charge is 0.251 e. The number of para-hydroxylation sites is 1. The van der Waals surface area contributed by atoms with Gasteiger partial charge in [-0.25, -0.2) is 0 Å². The van der Waals surface area contributed by atoms with Crippen molar-refractivity contribution in [3.8, 4) is 0 Å². The lowest BCUT2D eigenvalue weighted by Gasteiger charge is -2.22. The molecule has 2 rings (SSSR count). The van der Waals surface area contributed by atoms with E-state index in [0.717, 1.165) is 0 Å². The number of hydrogen-bond donors (Lipinski definition) is 1. The largest absolute Gasteiger partial charge is 0.350 e. The highest BCUT2D eigenvalue weighted by molar-refractivity contribution is 6.33. The van der Waals surface area contributed by atoms with E-state index in [4.69, 9.17) is 11.6 Å². The van der Waals surface area contributed by atoms with Gasteiger partial charge in [0.05, 0.1) is 10.7 Å². The first-order chi connectivity index (χ1) is 10.6. The topological polar surface area (TPSA) is 49.4 Å². The summed E-state index contributed by atoms with van der Waals surface area (Å²) >= 11 is 6.12. The van der Waals surface area contributed by atoms with Gasteiger partial charge in [0.15, 0.2) is 0 Å². The number of hydrogen-bond acceptors (Lipinski definition) is 2. The second-order valence-electron chi connectivity index (χ2n) is 4.74. The average molecular weight is 317 g/mol. The molecule has 0 saturated carbocycles. The van der Waals surface area contributed by atoms with Crippen LogP contribution in [0.5, 0.6) is 0 Å². The van der Waals surface area contributed by atoms with Gasteiger partial charge in [-0.1, -0.05) is 41.9 Å². The van der Waals surface area contributed by atoms with Gasteiger partial charge in [-0.2, -0.15) is 0 Å². The molecular weight excluding hydrogens is 300 g/mol. The standard InChI is InChI=1S/C17H17ClN2O2/c1-13(21)20(16-10-6-5-9-15(16)18)12-11-19-17(22)14-7-3-2-4-8-14/h2-10H,11-12H2,1H3,(H,19,22). The van der Waals surface area contributed by atoms with Crippen molar-refractivity contribution in [2.45, 2.75) is 6.92 Å². The van der Waals surface area contributed by atoms with E-state index < -0.39 is 0 Å². The van der Waals surface area contributed by atoms with Crippen LogP contribution in [0, 0.1) is 0 Å². The molecule has 0 aliphatic rings. The fourth-order valence-electron chi connectivity index (χ4n) is 2.09. The number of nitrogens with one attached hydrogen (secondary N) is 1. The molecule has 0 aromatic heterocycles. The molecular formula is C17H17ClN2O2. The summed E-state index contributed by atoms with van der Waals surface area (Å²) in [7, 11) is 0. The number of carbonyl (C=O) groups is 2. The minimum absolute atomic E-state index is 0.123. The highest BCUT2D eigenvalue weighted by atomic mass is 35.5. The van der Waals surface area contributed by atoms with Crippen LogP contribution in [0.3, 0.4) is 0 Å². The van der Waals surface area contributed by atoms with Gasteiger partial charge in [0.2, 0.25) is 5.91 Å². The first-order valence-electron chi connectivity index (χ1n) is 6.95. The molecule has 0 atom stereocenters. The van der Waals surface area contributed by atoms with E-state index in [2.05, 4.69) is 5.32 Å². The first-order valence-corrected chi connectivity index (χ1v) is 7.33. The molecule has 2 aromatic carbocycles. The van der Waals surface area contributed by atoms with Gasteiger partial charge < -0.3 is 10.2 Å². The highest BCUT2D eigenvalue weighted by Gasteiger charge is 2.14. The summed E-state index contributed by atoms with van der Waals surface area (Å²) in [5.74, 6) is -0.287. The monoisotopic (exact) mass is 316 g/mol. The molecule has 114 valence electrons. The quantitative estimate of drug-likeness (QED) is 0.921. The van der Waals surface area contributed by atoms with Crippen molar-refractivity contribution in [2.24, 2.45) is 0 Å². The zero-order valence-electron chi connectivity index (χ0n) is 12.3. The fourth-order valence-corrected chi connectivity index (χ4v) is 2.33. The van der Waals surface area contributed by atoms with Crippen molar-refractivity contribution < 1.29 is 9.59 Å². The van der Waals surface area contributed by atoms with E-state index in [-0.39, 0.29) is 11.8 Å². The Labute approximate surface area is 134 Å². The van der Waals surface area contributed by atoms with Crippen LogP contribution in [0.1, 0.15) is 17.3 Å². The van der Waals surface area contributed by atoms with Crippen molar-refractivity contribution in [3.63, 3.8) is 0 Å². The van der Waals surface area contributed by atoms with Gasteiger partial charge in [0.25, 0.3) is 5.91 Å². The number of amides is 2. The molecule has 5 heteroatoms. The Morgan fingerprint density at radius 2 is 1.68 bits per heavy atom. The van der Waals surface area contributed by atoms with Crippen molar-refractivity contribution in [1.29, 1.82) is 0 Å². The van der Waals surface area contributed by atoms with Crippen LogP contribution in [0.15, 0.2) is 54.6 Å². The molecule has 1 N–H and O–H groups in total. The Morgan fingerprint density at radius 1 is 1.05 bits per heavy atom.